The van der Waals surface area contributed by atoms with Gasteiger partial charge in [-0.1, -0.05) is 42.3 Å². The third kappa shape index (κ3) is 8.66. The molecule has 3 N–H and O–H groups in total. The second-order valence-corrected chi connectivity index (χ2v) is 13.9. The van der Waals surface area contributed by atoms with Crippen LogP contribution >= 0.6 is 11.6 Å². The van der Waals surface area contributed by atoms with Gasteiger partial charge in [0.1, 0.15) is 47.1 Å². The Morgan fingerprint density at radius 3 is 2.55 bits per heavy atom. The number of allylic oxidation sites excluding steroid dienone is 3. The average molecular weight is 736 g/mol. The quantitative estimate of drug-likeness (QED) is 0.211. The summed E-state index contributed by atoms with van der Waals surface area (Å²) in [6.07, 6.45) is -0.416. The third-order valence-corrected chi connectivity index (χ3v) is 10.2. The molecule has 0 radical (unpaired) electrons. The van der Waals surface area contributed by atoms with Crippen LogP contribution in [0.5, 0.6) is 5.75 Å². The van der Waals surface area contributed by atoms with E-state index < -0.39 is 90.4 Å². The number of anilines is 1. The van der Waals surface area contributed by atoms with Crippen LogP contribution in [-0.2, 0) is 44.5 Å². The van der Waals surface area contributed by atoms with E-state index in [1.807, 2.05) is 13.0 Å². The Hall–Kier alpha value is -4.18. The molecule has 0 aromatic heterocycles. The van der Waals surface area contributed by atoms with E-state index in [-0.39, 0.29) is 11.4 Å². The SMILES string of the molecule is COc1cc2cc(c1Cl)N(C)C(=O)C[C@H](OC(=O)[C@H](C)N(C)C(=O)CC(=O)O)[C@]1(C)O[C@H]1[C@H](C)[C@@H]1C[C@@](O)(NC(=O)O1)[C@H](OC)/C=C/C=C(\C)C2. The first-order valence-electron chi connectivity index (χ1n) is 16.4. The van der Waals surface area contributed by atoms with Crippen molar-refractivity contribution >= 4 is 47.1 Å². The predicted molar refractivity (Wildman–Crippen MR) is 183 cm³/mol. The molecule has 3 aliphatic heterocycles. The van der Waals surface area contributed by atoms with Crippen LogP contribution in [0.2, 0.25) is 5.02 Å². The largest absolute Gasteiger partial charge is 0.495 e. The number of amides is 3. The monoisotopic (exact) mass is 735 g/mol. The summed E-state index contributed by atoms with van der Waals surface area (Å²) in [6, 6.07) is 2.29. The van der Waals surface area contributed by atoms with Crippen LogP contribution in [0.3, 0.4) is 0 Å². The minimum Gasteiger partial charge on any atom is -0.495 e. The molecule has 16 heteroatoms. The molecule has 0 aliphatic carbocycles. The van der Waals surface area contributed by atoms with E-state index in [2.05, 4.69) is 5.32 Å². The van der Waals surface area contributed by atoms with Crippen LogP contribution in [-0.4, -0.2) is 115 Å². The summed E-state index contributed by atoms with van der Waals surface area (Å²) >= 11 is 6.70. The van der Waals surface area contributed by atoms with Crippen molar-refractivity contribution < 1.29 is 57.9 Å². The predicted octanol–water partition coefficient (Wildman–Crippen LogP) is 2.99. The molecule has 1 aromatic rings. The molecular formula is C35H46ClN3O12. The zero-order valence-corrected chi connectivity index (χ0v) is 30.7. The van der Waals surface area contributed by atoms with Gasteiger partial charge in [0.2, 0.25) is 11.8 Å². The normalized spacial score (nSPS) is 31.8. The second-order valence-electron chi connectivity index (χ2n) is 13.5. The number of hydrogen-bond acceptors (Lipinski definition) is 11. The molecule has 51 heavy (non-hydrogen) atoms. The Labute approximate surface area is 301 Å². The first kappa shape index (κ1) is 39.6. The fourth-order valence-corrected chi connectivity index (χ4v) is 6.79. The summed E-state index contributed by atoms with van der Waals surface area (Å²) in [7, 11) is 5.66. The number of fused-ring (bicyclic) bond motifs is 5. The number of likely N-dealkylation sites (N-methyl/N-ethyl adjacent to an activating group) is 1. The Bertz CT molecular complexity index is 1620. The van der Waals surface area contributed by atoms with Gasteiger partial charge in [0.05, 0.1) is 25.3 Å². The summed E-state index contributed by atoms with van der Waals surface area (Å²) in [6.45, 7) is 6.66. The minimum absolute atomic E-state index is 0.0921. The molecule has 0 unspecified atom stereocenters. The smallest absolute Gasteiger partial charge is 0.409 e. The van der Waals surface area contributed by atoms with Crippen molar-refractivity contribution in [1.29, 1.82) is 0 Å². The number of carboxylic acids is 1. The van der Waals surface area contributed by atoms with E-state index in [9.17, 15) is 29.1 Å². The number of aliphatic hydroxyl groups is 1. The van der Waals surface area contributed by atoms with Crippen LogP contribution in [0.1, 0.15) is 52.5 Å². The Kier molecular flexibility index (Phi) is 12.1. The van der Waals surface area contributed by atoms with E-state index >= 15 is 0 Å². The molecule has 3 amide bonds. The van der Waals surface area contributed by atoms with Crippen molar-refractivity contribution in [2.75, 3.05) is 33.2 Å². The highest BCUT2D eigenvalue weighted by atomic mass is 35.5. The van der Waals surface area contributed by atoms with Gasteiger partial charge in [-0.15, -0.1) is 0 Å². The van der Waals surface area contributed by atoms with Crippen molar-refractivity contribution in [2.24, 2.45) is 5.92 Å². The number of nitrogens with one attached hydrogen (secondary N) is 1. The molecule has 2 saturated heterocycles. The highest BCUT2D eigenvalue weighted by molar-refractivity contribution is 6.35. The number of ether oxygens (including phenoxy) is 5. The molecule has 2 fully saturated rings. The van der Waals surface area contributed by atoms with Gasteiger partial charge < -0.3 is 43.7 Å². The number of alkyl carbamates (subject to hydrolysis) is 1. The summed E-state index contributed by atoms with van der Waals surface area (Å²) in [5, 5.41) is 23.4. The molecule has 15 nitrogen and oxygen atoms in total. The summed E-state index contributed by atoms with van der Waals surface area (Å²) in [4.78, 5) is 66.1. The Morgan fingerprint density at radius 1 is 1.24 bits per heavy atom. The summed E-state index contributed by atoms with van der Waals surface area (Å²) in [5.74, 6) is -3.83. The van der Waals surface area contributed by atoms with Crippen LogP contribution in [0.4, 0.5) is 10.5 Å². The van der Waals surface area contributed by atoms with Crippen LogP contribution in [0, 0.1) is 5.92 Å². The first-order chi connectivity index (χ1) is 23.8. The lowest BCUT2D eigenvalue weighted by molar-refractivity contribution is -0.163. The zero-order chi connectivity index (χ0) is 38.0. The molecule has 3 heterocycles. The van der Waals surface area contributed by atoms with Gasteiger partial charge in [-0.25, -0.2) is 9.59 Å². The highest BCUT2D eigenvalue weighted by Crippen LogP contribution is 2.49. The molecule has 1 aromatic carbocycles. The maximum absolute atomic E-state index is 14.0. The maximum Gasteiger partial charge on any atom is 0.409 e. The fourth-order valence-electron chi connectivity index (χ4n) is 6.47. The van der Waals surface area contributed by atoms with Crippen molar-refractivity contribution in [3.63, 3.8) is 0 Å². The number of methoxy groups -OCH3 is 2. The molecule has 4 rings (SSSR count). The van der Waals surface area contributed by atoms with Gasteiger partial charge in [0, 0.05) is 33.5 Å². The lowest BCUT2D eigenvalue weighted by Gasteiger charge is -2.42. The van der Waals surface area contributed by atoms with Crippen molar-refractivity contribution in [2.45, 2.75) is 95.2 Å². The molecule has 3 aliphatic rings. The number of epoxide rings is 1. The van der Waals surface area contributed by atoms with Gasteiger partial charge in [0.25, 0.3) is 0 Å². The van der Waals surface area contributed by atoms with E-state index in [0.717, 1.165) is 16.0 Å². The Balaban J connectivity index is 1.77. The van der Waals surface area contributed by atoms with Crippen LogP contribution in [0.25, 0.3) is 0 Å². The van der Waals surface area contributed by atoms with E-state index in [4.69, 9.17) is 40.4 Å². The average Bonchev–Trinajstić information content (AvgIpc) is 3.76. The standard InChI is InChI=1S/C35H46ClN3O12/c1-18-10-9-11-25(48-8)35(46)17-24(49-33(45)37-35)19(2)31-34(4,51-31)26(50-32(44)20(3)38(5)28(41)16-29(42)43)15-27(40)39(6)22-13-21(12-18)14-23(47-7)30(22)36/h9-11,13-14,19-20,24-26,31,46H,12,15-17H2,1-8H3,(H,37,45)(H,42,43)/b11-9+,18-10+/t19-,20+,24+,25-,26+,31+,34+,35+/m1/s1. The summed E-state index contributed by atoms with van der Waals surface area (Å²) < 4.78 is 28.8. The van der Waals surface area contributed by atoms with Crippen LogP contribution in [0.15, 0.2) is 35.9 Å². The molecule has 8 atom stereocenters. The van der Waals surface area contributed by atoms with E-state index in [0.29, 0.717) is 17.9 Å². The van der Waals surface area contributed by atoms with Crippen molar-refractivity contribution in [3.05, 3.63) is 46.5 Å². The first-order valence-corrected chi connectivity index (χ1v) is 16.8. The van der Waals surface area contributed by atoms with Gasteiger partial charge >= 0.3 is 18.0 Å². The van der Waals surface area contributed by atoms with Crippen LogP contribution < -0.4 is 15.0 Å². The van der Waals surface area contributed by atoms with E-state index in [1.54, 1.807) is 38.1 Å². The molecule has 4 bridgehead atoms. The number of hydrogen-bond donors (Lipinski definition) is 3. The third-order valence-electron chi connectivity index (χ3n) is 9.83. The zero-order valence-electron chi connectivity index (χ0n) is 29.9. The number of nitrogens with zero attached hydrogens (tertiary/aromatic N) is 2. The second kappa shape index (κ2) is 15.6. The molecule has 280 valence electrons. The number of esters is 1. The van der Waals surface area contributed by atoms with Gasteiger partial charge in [-0.3, -0.25) is 19.7 Å². The molecule has 0 spiro atoms. The van der Waals surface area contributed by atoms with Gasteiger partial charge in [-0.05, 0) is 44.9 Å². The highest BCUT2D eigenvalue weighted by Gasteiger charge is 2.64. The molecule has 0 saturated carbocycles. The van der Waals surface area contributed by atoms with Gasteiger partial charge in [-0.2, -0.15) is 0 Å². The number of rotatable bonds is 7. The lowest BCUT2D eigenvalue weighted by Crippen LogP contribution is -2.63. The number of halogens is 1. The van der Waals surface area contributed by atoms with Crippen molar-refractivity contribution in [1.82, 2.24) is 10.2 Å². The fraction of sp³-hybridized carbons (Fsp3) is 0.571. The number of carbonyl (C=O) groups is 5. The van der Waals surface area contributed by atoms with Gasteiger partial charge in [0.15, 0.2) is 5.72 Å². The lowest BCUT2D eigenvalue weighted by atomic mass is 9.83. The topological polar surface area (TPSA) is 194 Å². The number of carboxylic acid groups (broad SMARTS) is 1. The van der Waals surface area contributed by atoms with E-state index in [1.165, 1.54) is 40.1 Å². The van der Waals surface area contributed by atoms with Crippen molar-refractivity contribution in [3.8, 4) is 5.75 Å². The number of carbonyl (C=O) groups excluding carboxylic acids is 4. The maximum atomic E-state index is 14.0. The minimum atomic E-state index is -1.86. The Morgan fingerprint density at radius 2 is 1.92 bits per heavy atom. The number of benzene rings is 1. The molecular weight excluding hydrogens is 690 g/mol. The number of aliphatic carboxylic acids is 1. The summed E-state index contributed by atoms with van der Waals surface area (Å²) in [5.41, 5.74) is -1.14.